The highest BCUT2D eigenvalue weighted by Crippen LogP contribution is 2.30. The molecule has 0 fully saturated rings. The van der Waals surface area contributed by atoms with E-state index in [-0.39, 0.29) is 5.84 Å². The van der Waals surface area contributed by atoms with Crippen LogP contribution in [0.4, 0.5) is 0 Å². The average molecular weight is 406 g/mol. The first kappa shape index (κ1) is 16.5. The molecule has 6 heteroatoms. The Morgan fingerprint density at radius 3 is 2.46 bits per heavy atom. The van der Waals surface area contributed by atoms with Gasteiger partial charge in [0, 0.05) is 38.4 Å². The first-order valence-corrected chi connectivity index (χ1v) is 8.92. The fraction of sp³-hybridized carbons (Fsp3) is 0.0500. The fourth-order valence-corrected chi connectivity index (χ4v) is 3.53. The first-order valence-electron chi connectivity index (χ1n) is 8.13. The molecule has 5 nitrogen and oxygen atoms in total. The lowest BCUT2D eigenvalue weighted by Crippen LogP contribution is -2.12. The van der Waals surface area contributed by atoms with Gasteiger partial charge in [0.05, 0.1) is 0 Å². The number of amidine groups is 1. The predicted octanol–water partition coefficient (Wildman–Crippen LogP) is 5.26. The van der Waals surface area contributed by atoms with Crippen LogP contribution in [0.3, 0.4) is 0 Å². The van der Waals surface area contributed by atoms with Crippen molar-refractivity contribution in [1.29, 1.82) is 5.53 Å². The number of halogens is 1. The number of benzene rings is 3. The zero-order valence-electron chi connectivity index (χ0n) is 13.9. The van der Waals surface area contributed by atoms with E-state index in [4.69, 9.17) is 11.3 Å². The molecule has 1 aromatic heterocycles. The summed E-state index contributed by atoms with van der Waals surface area (Å²) in [7, 11) is 0. The van der Waals surface area contributed by atoms with Crippen molar-refractivity contribution >= 4 is 43.6 Å². The topological polar surface area (TPSA) is 79.5 Å². The molecule has 4 rings (SSSR count). The molecule has 0 aliphatic rings. The third-order valence-electron chi connectivity index (χ3n) is 4.48. The van der Waals surface area contributed by atoms with Crippen LogP contribution in [-0.4, -0.2) is 10.4 Å². The van der Waals surface area contributed by atoms with Crippen molar-refractivity contribution in [1.82, 2.24) is 4.57 Å². The van der Waals surface area contributed by atoms with Crippen molar-refractivity contribution in [2.45, 2.75) is 6.54 Å². The first-order chi connectivity index (χ1) is 12.7. The minimum atomic E-state index is 0.242. The van der Waals surface area contributed by atoms with Gasteiger partial charge in [0.25, 0.3) is 0 Å². The second kappa shape index (κ2) is 6.72. The highest BCUT2D eigenvalue weighted by Gasteiger charge is 2.12. The fourth-order valence-electron chi connectivity index (χ4n) is 3.27. The molecule has 3 N–H and O–H groups in total. The van der Waals surface area contributed by atoms with Gasteiger partial charge in [-0.2, -0.15) is 5.53 Å². The van der Waals surface area contributed by atoms with Crippen molar-refractivity contribution in [2.24, 2.45) is 16.1 Å². The number of hydrogen-bond donors (Lipinski definition) is 2. The van der Waals surface area contributed by atoms with Crippen LogP contribution < -0.4 is 5.73 Å². The van der Waals surface area contributed by atoms with Gasteiger partial charge in [-0.15, -0.1) is 5.10 Å². The maximum Gasteiger partial charge on any atom is 0.155 e. The zero-order valence-corrected chi connectivity index (χ0v) is 15.4. The van der Waals surface area contributed by atoms with E-state index >= 15 is 0 Å². The van der Waals surface area contributed by atoms with Crippen LogP contribution >= 0.6 is 15.9 Å². The largest absolute Gasteiger partial charge is 0.382 e. The van der Waals surface area contributed by atoms with E-state index in [0.717, 1.165) is 32.9 Å². The normalized spacial score (nSPS) is 12.0. The quantitative estimate of drug-likeness (QED) is 0.206. The van der Waals surface area contributed by atoms with Crippen LogP contribution in [0.5, 0.6) is 0 Å². The summed E-state index contributed by atoms with van der Waals surface area (Å²) in [4.78, 5) is 0. The van der Waals surface area contributed by atoms with Gasteiger partial charge in [-0.25, -0.2) is 0 Å². The van der Waals surface area contributed by atoms with Gasteiger partial charge in [-0.3, -0.25) is 0 Å². The van der Waals surface area contributed by atoms with Crippen molar-refractivity contribution in [2.75, 3.05) is 0 Å². The molecule has 0 bridgehead atoms. The highest BCUT2D eigenvalue weighted by atomic mass is 79.9. The number of nitrogens with two attached hydrogens (primary N) is 1. The van der Waals surface area contributed by atoms with Crippen LogP contribution in [0, 0.1) is 5.53 Å². The van der Waals surface area contributed by atoms with Crippen molar-refractivity contribution < 1.29 is 0 Å². The van der Waals surface area contributed by atoms with Gasteiger partial charge >= 0.3 is 0 Å². The van der Waals surface area contributed by atoms with Crippen LogP contribution in [0.1, 0.15) is 11.1 Å². The van der Waals surface area contributed by atoms with E-state index in [1.54, 1.807) is 0 Å². The summed E-state index contributed by atoms with van der Waals surface area (Å²) in [6.45, 7) is 0.780. The molecule has 0 unspecified atom stereocenters. The average Bonchev–Trinajstić information content (AvgIpc) is 2.97. The molecule has 0 saturated carbocycles. The Labute approximate surface area is 158 Å². The second-order valence-electron chi connectivity index (χ2n) is 6.05. The van der Waals surface area contributed by atoms with Gasteiger partial charge in [-0.05, 0) is 42.0 Å². The minimum absolute atomic E-state index is 0.242. The summed E-state index contributed by atoms with van der Waals surface area (Å²) in [5.74, 6) is 0.242. The molecule has 0 radical (unpaired) electrons. The van der Waals surface area contributed by atoms with Crippen molar-refractivity contribution in [3.05, 3.63) is 82.3 Å². The van der Waals surface area contributed by atoms with Crippen LogP contribution in [0.15, 0.2) is 81.5 Å². The molecule has 4 aromatic rings. The van der Waals surface area contributed by atoms with Crippen LogP contribution in [0.2, 0.25) is 0 Å². The molecule has 0 spiro atoms. The summed E-state index contributed by atoms with van der Waals surface area (Å²) in [5, 5.41) is 8.94. The maximum atomic E-state index is 6.87. The zero-order chi connectivity index (χ0) is 18.1. The van der Waals surface area contributed by atoms with Gasteiger partial charge in [0.2, 0.25) is 0 Å². The Kier molecular flexibility index (Phi) is 4.26. The van der Waals surface area contributed by atoms with E-state index < -0.39 is 0 Å². The number of nitrogens with zero attached hydrogens (tertiary/aromatic N) is 3. The lowest BCUT2D eigenvalue weighted by atomic mass is 10.1. The number of rotatable bonds is 4. The van der Waals surface area contributed by atoms with Gasteiger partial charge < -0.3 is 10.3 Å². The Morgan fingerprint density at radius 2 is 1.69 bits per heavy atom. The molecule has 0 saturated heterocycles. The van der Waals surface area contributed by atoms with E-state index in [2.05, 4.69) is 79.4 Å². The summed E-state index contributed by atoms with van der Waals surface area (Å²) >= 11 is 3.49. The third kappa shape index (κ3) is 2.88. The SMILES string of the molecule is N=NN=C(N)c1ccc2c(c1)c1ccccc1n2Cc1ccc(Br)cc1. The molecule has 0 aliphatic heterocycles. The van der Waals surface area contributed by atoms with E-state index in [0.29, 0.717) is 0 Å². The van der Waals surface area contributed by atoms with E-state index in [1.807, 2.05) is 18.2 Å². The molecule has 0 atom stereocenters. The molecule has 26 heavy (non-hydrogen) atoms. The minimum Gasteiger partial charge on any atom is -0.382 e. The lowest BCUT2D eigenvalue weighted by Gasteiger charge is -2.08. The van der Waals surface area contributed by atoms with Crippen molar-refractivity contribution in [3.8, 4) is 0 Å². The molecule has 1 heterocycles. The van der Waals surface area contributed by atoms with Crippen LogP contribution in [0.25, 0.3) is 21.8 Å². The smallest absolute Gasteiger partial charge is 0.155 e. The van der Waals surface area contributed by atoms with E-state index in [9.17, 15) is 0 Å². The molecular formula is C20H16BrN5. The highest BCUT2D eigenvalue weighted by molar-refractivity contribution is 9.10. The predicted molar refractivity (Wildman–Crippen MR) is 109 cm³/mol. The molecular weight excluding hydrogens is 390 g/mol. The summed E-state index contributed by atoms with van der Waals surface area (Å²) < 4.78 is 3.38. The van der Waals surface area contributed by atoms with Crippen molar-refractivity contribution in [3.63, 3.8) is 0 Å². The summed E-state index contributed by atoms with van der Waals surface area (Å²) in [6.07, 6.45) is 0. The number of nitrogens with one attached hydrogen (secondary N) is 1. The second-order valence-corrected chi connectivity index (χ2v) is 6.96. The Balaban J connectivity index is 1.92. The van der Waals surface area contributed by atoms with Gasteiger partial charge in [0.1, 0.15) is 0 Å². The standard InChI is InChI=1S/C20H16BrN5/c21-15-8-5-13(6-9-15)12-26-18-4-2-1-3-16(18)17-11-14(7-10-19(17)26)20(22)24-25-23/h1-11H,12H2,(H3,22,23,24). The Morgan fingerprint density at radius 1 is 0.962 bits per heavy atom. The van der Waals surface area contributed by atoms with Crippen LogP contribution in [-0.2, 0) is 6.54 Å². The molecule has 128 valence electrons. The maximum absolute atomic E-state index is 6.87. The number of fused-ring (bicyclic) bond motifs is 3. The number of para-hydroxylation sites is 1. The monoisotopic (exact) mass is 405 g/mol. The Bertz CT molecular complexity index is 1140. The van der Waals surface area contributed by atoms with Gasteiger partial charge in [0.15, 0.2) is 5.84 Å². The molecule has 0 aliphatic carbocycles. The third-order valence-corrected chi connectivity index (χ3v) is 5.01. The van der Waals surface area contributed by atoms with Gasteiger partial charge in [-0.1, -0.05) is 51.5 Å². The summed E-state index contributed by atoms with van der Waals surface area (Å²) in [6, 6.07) is 22.7. The van der Waals surface area contributed by atoms with E-state index in [1.165, 1.54) is 11.1 Å². The number of aromatic nitrogens is 1. The lowest BCUT2D eigenvalue weighted by molar-refractivity contribution is 0.868. The molecule has 3 aromatic carbocycles. The number of hydrogen-bond acceptors (Lipinski definition) is 2. The Hall–Kier alpha value is -2.99. The molecule has 0 amide bonds. The summed E-state index contributed by atoms with van der Waals surface area (Å²) in [5.41, 5.74) is 17.1.